The fraction of sp³-hybridized carbons (Fsp3) is 0.412. The van der Waals surface area contributed by atoms with Gasteiger partial charge in [-0.15, -0.1) is 0 Å². The van der Waals surface area contributed by atoms with Gasteiger partial charge >= 0.3 is 0 Å². The molecule has 1 aliphatic rings. The highest BCUT2D eigenvalue weighted by Gasteiger charge is 2.16. The van der Waals surface area contributed by atoms with Crippen molar-refractivity contribution >= 4 is 5.82 Å². The summed E-state index contributed by atoms with van der Waals surface area (Å²) in [7, 11) is 1.54. The fourth-order valence-corrected chi connectivity index (χ4v) is 2.89. The van der Waals surface area contributed by atoms with Crippen molar-refractivity contribution in [2.75, 3.05) is 12.4 Å². The van der Waals surface area contributed by atoms with Gasteiger partial charge in [-0.2, -0.15) is 0 Å². The van der Waals surface area contributed by atoms with Gasteiger partial charge in [-0.25, -0.2) is 14.4 Å². The Morgan fingerprint density at radius 3 is 2.82 bits per heavy atom. The molecule has 1 heterocycles. The number of rotatable bonds is 4. The van der Waals surface area contributed by atoms with E-state index >= 15 is 0 Å². The third-order valence-electron chi connectivity index (χ3n) is 3.92. The van der Waals surface area contributed by atoms with Gasteiger partial charge in [-0.1, -0.05) is 0 Å². The first-order valence-electron chi connectivity index (χ1n) is 7.59. The quantitative estimate of drug-likeness (QED) is 0.940. The summed E-state index contributed by atoms with van der Waals surface area (Å²) in [6.45, 7) is 2.42. The van der Waals surface area contributed by atoms with E-state index in [4.69, 9.17) is 4.74 Å². The zero-order chi connectivity index (χ0) is 15.5. The lowest BCUT2D eigenvalue weighted by Gasteiger charge is -2.19. The number of ether oxygens (including phenoxy) is 1. The van der Waals surface area contributed by atoms with Crippen molar-refractivity contribution in [3.05, 3.63) is 46.7 Å². The number of nitrogens with zero attached hydrogens (tertiary/aromatic N) is 2. The maximum atomic E-state index is 13.5. The zero-order valence-corrected chi connectivity index (χ0v) is 12.9. The van der Waals surface area contributed by atoms with Crippen molar-refractivity contribution in [2.45, 2.75) is 39.2 Å². The molecule has 22 heavy (non-hydrogen) atoms. The summed E-state index contributed by atoms with van der Waals surface area (Å²) in [6, 6.07) is 4.72. The van der Waals surface area contributed by atoms with Gasteiger partial charge in [0.05, 0.1) is 7.11 Å². The maximum absolute atomic E-state index is 13.5. The molecule has 5 heteroatoms. The molecule has 0 bridgehead atoms. The minimum atomic E-state index is -0.294. The molecule has 1 aromatic heterocycles. The highest BCUT2D eigenvalue weighted by atomic mass is 19.1. The van der Waals surface area contributed by atoms with Crippen LogP contribution in [-0.2, 0) is 19.4 Å². The topological polar surface area (TPSA) is 47.0 Å². The second kappa shape index (κ2) is 6.30. The summed E-state index contributed by atoms with van der Waals surface area (Å²) in [5.74, 6) is 1.89. The summed E-state index contributed by atoms with van der Waals surface area (Å²) in [4.78, 5) is 9.06. The van der Waals surface area contributed by atoms with Gasteiger partial charge in [0.15, 0.2) is 0 Å². The van der Waals surface area contributed by atoms with E-state index in [9.17, 15) is 4.39 Å². The number of benzene rings is 1. The summed E-state index contributed by atoms with van der Waals surface area (Å²) in [5, 5.41) is 3.34. The summed E-state index contributed by atoms with van der Waals surface area (Å²) in [6.07, 6.45) is 4.37. The average Bonchev–Trinajstić information content (AvgIpc) is 2.51. The Bertz CT molecular complexity index is 688. The Labute approximate surface area is 129 Å². The lowest BCUT2D eigenvalue weighted by atomic mass is 9.96. The van der Waals surface area contributed by atoms with Crippen molar-refractivity contribution in [1.82, 2.24) is 9.97 Å². The number of fused-ring (bicyclic) bond motifs is 1. The van der Waals surface area contributed by atoms with Crippen LogP contribution in [0.4, 0.5) is 10.2 Å². The predicted octanol–water partition coefficient (Wildman–Crippen LogP) is 3.42. The predicted molar refractivity (Wildman–Crippen MR) is 83.7 cm³/mol. The third kappa shape index (κ3) is 3.18. The molecule has 116 valence electrons. The molecule has 1 N–H and O–H groups in total. The summed E-state index contributed by atoms with van der Waals surface area (Å²) < 4.78 is 18.6. The Hall–Kier alpha value is -2.17. The van der Waals surface area contributed by atoms with Crippen molar-refractivity contribution in [1.29, 1.82) is 0 Å². The third-order valence-corrected chi connectivity index (χ3v) is 3.92. The molecule has 0 fully saturated rings. The molecule has 0 unspecified atom stereocenters. The number of methoxy groups -OCH3 is 1. The molecular weight excluding hydrogens is 281 g/mol. The number of hydrogen-bond donors (Lipinski definition) is 1. The maximum Gasteiger partial charge on any atom is 0.133 e. The highest BCUT2D eigenvalue weighted by molar-refractivity contribution is 5.48. The lowest BCUT2D eigenvalue weighted by molar-refractivity contribution is 0.410. The molecule has 2 aromatic rings. The normalized spacial score (nSPS) is 13.6. The van der Waals surface area contributed by atoms with Gasteiger partial charge < -0.3 is 10.1 Å². The van der Waals surface area contributed by atoms with E-state index in [0.717, 1.165) is 35.7 Å². The lowest BCUT2D eigenvalue weighted by Crippen LogP contribution is -2.13. The number of hydrogen-bond acceptors (Lipinski definition) is 4. The first kappa shape index (κ1) is 14.8. The van der Waals surface area contributed by atoms with E-state index in [2.05, 4.69) is 15.3 Å². The highest BCUT2D eigenvalue weighted by Crippen LogP contribution is 2.26. The second-order valence-corrected chi connectivity index (χ2v) is 5.60. The SMILES string of the molecule is COc1cc(F)cc(CNc2nc(C)nc3c2CCCC3)c1. The molecule has 0 amide bonds. The number of aryl methyl sites for hydroxylation is 2. The number of aromatic nitrogens is 2. The molecular formula is C17H20FN3O. The van der Waals surface area contributed by atoms with Crippen LogP contribution in [0.2, 0.25) is 0 Å². The zero-order valence-electron chi connectivity index (χ0n) is 12.9. The van der Waals surface area contributed by atoms with Gasteiger partial charge in [-0.3, -0.25) is 0 Å². The van der Waals surface area contributed by atoms with Gasteiger partial charge in [0, 0.05) is 23.9 Å². The Kier molecular flexibility index (Phi) is 4.22. The smallest absolute Gasteiger partial charge is 0.133 e. The molecule has 0 radical (unpaired) electrons. The molecule has 3 rings (SSSR count). The van der Waals surface area contributed by atoms with Gasteiger partial charge in [-0.05, 0) is 50.3 Å². The van der Waals surface area contributed by atoms with Gasteiger partial charge in [0.1, 0.15) is 23.2 Å². The molecule has 1 aromatic carbocycles. The Morgan fingerprint density at radius 2 is 2.00 bits per heavy atom. The molecule has 1 aliphatic carbocycles. The average molecular weight is 301 g/mol. The second-order valence-electron chi connectivity index (χ2n) is 5.60. The van der Waals surface area contributed by atoms with Crippen molar-refractivity contribution in [2.24, 2.45) is 0 Å². The van der Waals surface area contributed by atoms with Crippen LogP contribution in [0.5, 0.6) is 5.75 Å². The molecule has 0 saturated carbocycles. The van der Waals surface area contributed by atoms with Crippen LogP contribution >= 0.6 is 0 Å². The number of halogens is 1. The van der Waals surface area contributed by atoms with Crippen LogP contribution in [0.15, 0.2) is 18.2 Å². The molecule has 0 spiro atoms. The van der Waals surface area contributed by atoms with Crippen LogP contribution in [0, 0.1) is 12.7 Å². The van der Waals surface area contributed by atoms with Crippen molar-refractivity contribution < 1.29 is 9.13 Å². The van der Waals surface area contributed by atoms with Crippen LogP contribution in [0.1, 0.15) is 35.5 Å². The number of nitrogens with one attached hydrogen (secondary N) is 1. The van der Waals surface area contributed by atoms with Crippen LogP contribution in [0.25, 0.3) is 0 Å². The number of anilines is 1. The molecule has 0 atom stereocenters. The van der Waals surface area contributed by atoms with Gasteiger partial charge in [0.2, 0.25) is 0 Å². The van der Waals surface area contributed by atoms with Crippen LogP contribution in [0.3, 0.4) is 0 Å². The Balaban J connectivity index is 1.82. The van der Waals surface area contributed by atoms with Crippen LogP contribution < -0.4 is 10.1 Å². The molecule has 0 aliphatic heterocycles. The van der Waals surface area contributed by atoms with E-state index in [1.807, 2.05) is 13.0 Å². The molecule has 4 nitrogen and oxygen atoms in total. The van der Waals surface area contributed by atoms with Crippen molar-refractivity contribution in [3.8, 4) is 5.75 Å². The summed E-state index contributed by atoms with van der Waals surface area (Å²) >= 11 is 0. The minimum Gasteiger partial charge on any atom is -0.497 e. The molecule has 0 saturated heterocycles. The van der Waals surface area contributed by atoms with Gasteiger partial charge in [0.25, 0.3) is 0 Å². The standard InChI is InChI=1S/C17H20FN3O/c1-11-20-16-6-4-3-5-15(16)17(21-11)19-10-12-7-13(18)9-14(8-12)22-2/h7-9H,3-6,10H2,1-2H3,(H,19,20,21). The monoisotopic (exact) mass is 301 g/mol. The van der Waals surface area contributed by atoms with E-state index in [1.54, 1.807) is 0 Å². The minimum absolute atomic E-state index is 0.294. The first-order chi connectivity index (χ1) is 10.7. The summed E-state index contributed by atoms with van der Waals surface area (Å²) in [5.41, 5.74) is 3.19. The van der Waals surface area contributed by atoms with E-state index < -0.39 is 0 Å². The van der Waals surface area contributed by atoms with E-state index in [0.29, 0.717) is 12.3 Å². The Morgan fingerprint density at radius 1 is 1.18 bits per heavy atom. The first-order valence-corrected chi connectivity index (χ1v) is 7.59. The van der Waals surface area contributed by atoms with E-state index in [-0.39, 0.29) is 5.82 Å². The van der Waals surface area contributed by atoms with E-state index in [1.165, 1.54) is 37.6 Å². The fourth-order valence-electron chi connectivity index (χ4n) is 2.89. The van der Waals surface area contributed by atoms with Crippen molar-refractivity contribution in [3.63, 3.8) is 0 Å². The van der Waals surface area contributed by atoms with Crippen LogP contribution in [-0.4, -0.2) is 17.1 Å². The largest absolute Gasteiger partial charge is 0.497 e.